The van der Waals surface area contributed by atoms with Crippen LogP contribution in [0.25, 0.3) is 0 Å². The van der Waals surface area contributed by atoms with Gasteiger partial charge < -0.3 is 9.57 Å². The van der Waals surface area contributed by atoms with Crippen LogP contribution >= 0.6 is 0 Å². The van der Waals surface area contributed by atoms with Crippen molar-refractivity contribution in [2.45, 2.75) is 0 Å². The molecular formula is C12H17N3O3. The number of oxime groups is 1. The van der Waals surface area contributed by atoms with E-state index >= 15 is 0 Å². The Morgan fingerprint density at radius 2 is 2.06 bits per heavy atom. The summed E-state index contributed by atoms with van der Waals surface area (Å²) in [6.45, 7) is -0.120. The zero-order chi connectivity index (χ0) is 13.4. The van der Waals surface area contributed by atoms with Crippen LogP contribution in [-0.4, -0.2) is 44.9 Å². The number of methoxy groups -OCH3 is 1. The minimum absolute atomic E-state index is 0.120. The molecule has 0 aliphatic rings. The van der Waals surface area contributed by atoms with Gasteiger partial charge in [-0.15, -0.1) is 0 Å². The Morgan fingerprint density at radius 3 is 2.61 bits per heavy atom. The van der Waals surface area contributed by atoms with Gasteiger partial charge in [0.1, 0.15) is 5.75 Å². The summed E-state index contributed by atoms with van der Waals surface area (Å²) >= 11 is 0. The summed E-state index contributed by atoms with van der Waals surface area (Å²) in [4.78, 5) is 16.0. The van der Waals surface area contributed by atoms with Crippen LogP contribution in [0.1, 0.15) is 5.56 Å². The maximum atomic E-state index is 11.2. The van der Waals surface area contributed by atoms with Crippen LogP contribution in [0, 0.1) is 0 Å². The van der Waals surface area contributed by atoms with Gasteiger partial charge in [0.25, 0.3) is 5.91 Å². The van der Waals surface area contributed by atoms with Gasteiger partial charge in [0.05, 0.1) is 13.3 Å². The van der Waals surface area contributed by atoms with E-state index in [1.54, 1.807) is 26.2 Å². The van der Waals surface area contributed by atoms with E-state index in [9.17, 15) is 4.79 Å². The Morgan fingerprint density at radius 1 is 1.39 bits per heavy atom. The predicted octanol–water partition coefficient (Wildman–Crippen LogP) is 0.638. The third-order valence-corrected chi connectivity index (χ3v) is 1.94. The molecule has 0 unspecified atom stereocenters. The minimum Gasteiger partial charge on any atom is -0.497 e. The second-order valence-electron chi connectivity index (χ2n) is 3.71. The van der Waals surface area contributed by atoms with Gasteiger partial charge in [0, 0.05) is 14.1 Å². The first-order valence-corrected chi connectivity index (χ1v) is 5.38. The molecule has 0 heterocycles. The Balaban J connectivity index is 2.33. The molecule has 1 N–H and O–H groups in total. The van der Waals surface area contributed by atoms with Crippen molar-refractivity contribution in [1.82, 2.24) is 10.4 Å². The number of nitrogens with zero attached hydrogens (tertiary/aromatic N) is 2. The van der Waals surface area contributed by atoms with E-state index < -0.39 is 0 Å². The van der Waals surface area contributed by atoms with Crippen LogP contribution in [0.3, 0.4) is 0 Å². The van der Waals surface area contributed by atoms with Gasteiger partial charge in [0.15, 0.2) is 6.61 Å². The molecule has 1 amide bonds. The monoisotopic (exact) mass is 251 g/mol. The average molecular weight is 251 g/mol. The molecule has 0 saturated carbocycles. The van der Waals surface area contributed by atoms with Crippen LogP contribution in [0.5, 0.6) is 5.75 Å². The molecule has 1 rings (SSSR count). The SMILES string of the molecule is COc1ccc(/C=N\OCC(=O)NN(C)C)cc1. The zero-order valence-corrected chi connectivity index (χ0v) is 10.7. The maximum Gasteiger partial charge on any atom is 0.275 e. The number of hydrazine groups is 1. The van der Waals surface area contributed by atoms with Crippen LogP contribution in [0.15, 0.2) is 29.4 Å². The number of carbonyl (C=O) groups excluding carboxylic acids is 1. The number of amides is 1. The molecular weight excluding hydrogens is 234 g/mol. The number of ether oxygens (including phenoxy) is 1. The highest BCUT2D eigenvalue weighted by atomic mass is 16.6. The Labute approximate surface area is 106 Å². The Hall–Kier alpha value is -2.08. The molecule has 1 aromatic carbocycles. The summed E-state index contributed by atoms with van der Waals surface area (Å²) < 4.78 is 5.03. The van der Waals surface area contributed by atoms with E-state index in [4.69, 9.17) is 9.57 Å². The smallest absolute Gasteiger partial charge is 0.275 e. The van der Waals surface area contributed by atoms with Crippen LogP contribution in [0.2, 0.25) is 0 Å². The summed E-state index contributed by atoms with van der Waals surface area (Å²) in [5, 5.41) is 5.24. The highest BCUT2D eigenvalue weighted by Crippen LogP contribution is 2.09. The van der Waals surface area contributed by atoms with Crippen molar-refractivity contribution in [3.8, 4) is 5.75 Å². The highest BCUT2D eigenvalue weighted by molar-refractivity contribution is 5.79. The fourth-order valence-electron chi connectivity index (χ4n) is 1.17. The summed E-state index contributed by atoms with van der Waals surface area (Å²) in [5.74, 6) is 0.519. The van der Waals surface area contributed by atoms with Crippen molar-refractivity contribution in [2.24, 2.45) is 5.16 Å². The summed E-state index contributed by atoms with van der Waals surface area (Å²) in [7, 11) is 5.05. The van der Waals surface area contributed by atoms with Crippen LogP contribution in [-0.2, 0) is 9.63 Å². The number of benzene rings is 1. The third kappa shape index (κ3) is 5.31. The minimum atomic E-state index is -0.258. The number of nitrogens with one attached hydrogen (secondary N) is 1. The van der Waals surface area contributed by atoms with E-state index in [0.717, 1.165) is 11.3 Å². The van der Waals surface area contributed by atoms with E-state index in [2.05, 4.69) is 10.6 Å². The number of hydrogen-bond donors (Lipinski definition) is 1. The molecule has 98 valence electrons. The highest BCUT2D eigenvalue weighted by Gasteiger charge is 2.00. The summed E-state index contributed by atoms with van der Waals surface area (Å²) in [6, 6.07) is 7.32. The second-order valence-corrected chi connectivity index (χ2v) is 3.71. The molecule has 0 fully saturated rings. The fourth-order valence-corrected chi connectivity index (χ4v) is 1.17. The van der Waals surface area contributed by atoms with Crippen molar-refractivity contribution >= 4 is 12.1 Å². The molecule has 0 bridgehead atoms. The first-order valence-electron chi connectivity index (χ1n) is 5.38. The average Bonchev–Trinajstić information content (AvgIpc) is 2.34. The zero-order valence-electron chi connectivity index (χ0n) is 10.7. The van der Waals surface area contributed by atoms with Gasteiger partial charge in [-0.05, 0) is 29.8 Å². The van der Waals surface area contributed by atoms with Crippen molar-refractivity contribution in [3.63, 3.8) is 0 Å². The lowest BCUT2D eigenvalue weighted by molar-refractivity contribution is -0.129. The van der Waals surface area contributed by atoms with Crippen molar-refractivity contribution < 1.29 is 14.4 Å². The molecule has 0 atom stereocenters. The van der Waals surface area contributed by atoms with Crippen LogP contribution < -0.4 is 10.2 Å². The molecule has 0 aliphatic heterocycles. The standard InChI is InChI=1S/C12H17N3O3/c1-15(2)14-12(16)9-18-13-8-10-4-6-11(17-3)7-5-10/h4-8H,9H2,1-3H3,(H,14,16)/b13-8-. The third-order valence-electron chi connectivity index (χ3n) is 1.94. The van der Waals surface area contributed by atoms with Crippen LogP contribution in [0.4, 0.5) is 0 Å². The Kier molecular flexibility index (Phi) is 5.66. The number of carbonyl (C=O) groups is 1. The lowest BCUT2D eigenvalue weighted by Crippen LogP contribution is -2.38. The number of rotatable bonds is 6. The lowest BCUT2D eigenvalue weighted by atomic mass is 10.2. The second kappa shape index (κ2) is 7.29. The Bertz CT molecular complexity index is 402. The molecule has 0 saturated heterocycles. The van der Waals surface area contributed by atoms with E-state index in [1.807, 2.05) is 24.3 Å². The van der Waals surface area contributed by atoms with E-state index in [-0.39, 0.29) is 12.5 Å². The first kappa shape index (κ1) is 14.0. The first-order chi connectivity index (χ1) is 8.61. The van der Waals surface area contributed by atoms with Crippen molar-refractivity contribution in [2.75, 3.05) is 27.8 Å². The van der Waals surface area contributed by atoms with Gasteiger partial charge >= 0.3 is 0 Å². The van der Waals surface area contributed by atoms with Crippen molar-refractivity contribution in [1.29, 1.82) is 0 Å². The summed E-state index contributed by atoms with van der Waals surface area (Å²) in [5.41, 5.74) is 3.40. The largest absolute Gasteiger partial charge is 0.497 e. The molecule has 0 aliphatic carbocycles. The van der Waals surface area contributed by atoms with Gasteiger partial charge in [0.2, 0.25) is 0 Å². The predicted molar refractivity (Wildman–Crippen MR) is 68.4 cm³/mol. The molecule has 6 heteroatoms. The van der Waals surface area contributed by atoms with Gasteiger partial charge in [-0.2, -0.15) is 0 Å². The maximum absolute atomic E-state index is 11.2. The van der Waals surface area contributed by atoms with Gasteiger partial charge in [-0.3, -0.25) is 10.2 Å². The summed E-state index contributed by atoms with van der Waals surface area (Å²) in [6.07, 6.45) is 1.53. The van der Waals surface area contributed by atoms with Gasteiger partial charge in [-0.1, -0.05) is 5.16 Å². The van der Waals surface area contributed by atoms with E-state index in [0.29, 0.717) is 0 Å². The molecule has 0 radical (unpaired) electrons. The molecule has 0 spiro atoms. The molecule has 18 heavy (non-hydrogen) atoms. The topological polar surface area (TPSA) is 63.2 Å². The van der Waals surface area contributed by atoms with Crippen molar-refractivity contribution in [3.05, 3.63) is 29.8 Å². The molecule has 0 aromatic heterocycles. The number of hydrogen-bond acceptors (Lipinski definition) is 5. The normalized spacial score (nSPS) is 10.7. The fraction of sp³-hybridized carbons (Fsp3) is 0.333. The lowest BCUT2D eigenvalue weighted by Gasteiger charge is -2.10. The molecule has 1 aromatic rings. The van der Waals surface area contributed by atoms with Gasteiger partial charge in [-0.25, -0.2) is 5.01 Å². The molecule has 6 nitrogen and oxygen atoms in total. The quantitative estimate of drug-likeness (QED) is 0.595. The van der Waals surface area contributed by atoms with E-state index in [1.165, 1.54) is 6.21 Å².